The quantitative estimate of drug-likeness (QED) is 0.269. The second-order valence-corrected chi connectivity index (χ2v) is 8.24. The number of hydrogen-bond donors (Lipinski definition) is 1. The fraction of sp³-hybridized carbons (Fsp3) is 0.250. The minimum Gasteiger partial charge on any atom is -0.507 e. The van der Waals surface area contributed by atoms with Crippen LogP contribution in [0.5, 0.6) is 17.2 Å². The van der Waals surface area contributed by atoms with E-state index < -0.39 is 17.7 Å². The van der Waals surface area contributed by atoms with Crippen molar-refractivity contribution in [3.8, 4) is 17.2 Å². The van der Waals surface area contributed by atoms with E-state index in [0.717, 1.165) is 12.0 Å². The first kappa shape index (κ1) is 24.8. The van der Waals surface area contributed by atoms with Crippen molar-refractivity contribution in [3.63, 3.8) is 0 Å². The zero-order valence-corrected chi connectivity index (χ0v) is 20.4. The maximum atomic E-state index is 13.3. The third-order valence-electron chi connectivity index (χ3n) is 5.94. The first-order valence-corrected chi connectivity index (χ1v) is 11.6. The van der Waals surface area contributed by atoms with Crippen LogP contribution >= 0.6 is 0 Å². The summed E-state index contributed by atoms with van der Waals surface area (Å²) >= 11 is 0. The summed E-state index contributed by atoms with van der Waals surface area (Å²) < 4.78 is 16.7. The second kappa shape index (κ2) is 10.9. The maximum Gasteiger partial charge on any atom is 0.295 e. The normalized spacial score (nSPS) is 16.8. The summed E-state index contributed by atoms with van der Waals surface area (Å²) in [6, 6.07) is 14.7. The number of carbonyl (C=O) groups is 2. The molecule has 0 aliphatic carbocycles. The van der Waals surface area contributed by atoms with Crippen molar-refractivity contribution >= 4 is 17.4 Å². The van der Waals surface area contributed by atoms with E-state index in [4.69, 9.17) is 14.2 Å². The number of ether oxygens (including phenoxy) is 3. The zero-order valence-electron chi connectivity index (χ0n) is 20.4. The van der Waals surface area contributed by atoms with Crippen molar-refractivity contribution in [1.82, 2.24) is 9.88 Å². The summed E-state index contributed by atoms with van der Waals surface area (Å²) in [6.45, 7) is 2.70. The number of amides is 1. The lowest BCUT2D eigenvalue weighted by atomic mass is 9.94. The van der Waals surface area contributed by atoms with Crippen LogP contribution in [0, 0.1) is 0 Å². The molecule has 0 bridgehead atoms. The molecular formula is C28H28N2O6. The molecule has 1 aliphatic heterocycles. The first-order chi connectivity index (χ1) is 17.5. The lowest BCUT2D eigenvalue weighted by Crippen LogP contribution is -2.29. The Morgan fingerprint density at radius 1 is 1.03 bits per heavy atom. The number of aliphatic hydroxyl groups excluding tert-OH is 1. The van der Waals surface area contributed by atoms with E-state index in [-0.39, 0.29) is 17.9 Å². The molecule has 0 radical (unpaired) electrons. The van der Waals surface area contributed by atoms with E-state index >= 15 is 0 Å². The van der Waals surface area contributed by atoms with Crippen LogP contribution in [-0.4, -0.2) is 47.5 Å². The van der Waals surface area contributed by atoms with E-state index in [1.54, 1.807) is 60.9 Å². The van der Waals surface area contributed by atoms with Crippen LogP contribution in [0.25, 0.3) is 5.76 Å². The van der Waals surface area contributed by atoms with Crippen molar-refractivity contribution in [1.29, 1.82) is 0 Å². The first-order valence-electron chi connectivity index (χ1n) is 11.6. The molecule has 0 spiro atoms. The number of para-hydroxylation sites is 1. The van der Waals surface area contributed by atoms with Gasteiger partial charge in [-0.05, 0) is 48.4 Å². The van der Waals surface area contributed by atoms with Gasteiger partial charge in [-0.3, -0.25) is 14.6 Å². The molecule has 186 valence electrons. The van der Waals surface area contributed by atoms with Crippen LogP contribution in [0.3, 0.4) is 0 Å². The molecule has 1 aliphatic rings. The Balaban J connectivity index is 1.86. The summed E-state index contributed by atoms with van der Waals surface area (Å²) in [5.41, 5.74) is 1.62. The molecule has 8 heteroatoms. The number of pyridine rings is 1. The predicted octanol–water partition coefficient (Wildman–Crippen LogP) is 4.51. The van der Waals surface area contributed by atoms with Gasteiger partial charge in [-0.1, -0.05) is 25.1 Å². The second-order valence-electron chi connectivity index (χ2n) is 8.24. The highest BCUT2D eigenvalue weighted by Crippen LogP contribution is 2.46. The average molecular weight is 489 g/mol. The molecule has 1 fully saturated rings. The third kappa shape index (κ3) is 4.75. The van der Waals surface area contributed by atoms with Crippen molar-refractivity contribution in [2.45, 2.75) is 25.9 Å². The Labute approximate surface area is 209 Å². The molecule has 0 unspecified atom stereocenters. The molecule has 8 nitrogen and oxygen atoms in total. The number of aliphatic hydroxyl groups is 1. The van der Waals surface area contributed by atoms with Crippen LogP contribution in [0.2, 0.25) is 0 Å². The fourth-order valence-electron chi connectivity index (χ4n) is 4.27. The van der Waals surface area contributed by atoms with Gasteiger partial charge in [-0.25, -0.2) is 0 Å². The molecule has 1 amide bonds. The molecular weight excluding hydrogens is 460 g/mol. The molecule has 1 saturated heterocycles. The van der Waals surface area contributed by atoms with Gasteiger partial charge in [-0.2, -0.15) is 0 Å². The maximum absolute atomic E-state index is 13.3. The molecule has 0 saturated carbocycles. The van der Waals surface area contributed by atoms with Crippen molar-refractivity contribution in [2.24, 2.45) is 0 Å². The van der Waals surface area contributed by atoms with E-state index in [1.165, 1.54) is 19.1 Å². The van der Waals surface area contributed by atoms with Crippen molar-refractivity contribution in [2.75, 3.05) is 20.8 Å². The highest BCUT2D eigenvalue weighted by Gasteiger charge is 2.47. The van der Waals surface area contributed by atoms with Gasteiger partial charge in [0.05, 0.1) is 32.4 Å². The largest absolute Gasteiger partial charge is 0.507 e. The third-order valence-corrected chi connectivity index (χ3v) is 5.94. The van der Waals surface area contributed by atoms with Crippen LogP contribution in [0.15, 0.2) is 72.6 Å². The number of rotatable bonds is 9. The van der Waals surface area contributed by atoms with E-state index in [0.29, 0.717) is 35.0 Å². The summed E-state index contributed by atoms with van der Waals surface area (Å²) in [7, 11) is 3.00. The van der Waals surface area contributed by atoms with Crippen LogP contribution < -0.4 is 14.2 Å². The number of nitrogens with zero attached hydrogens (tertiary/aromatic N) is 2. The fourth-order valence-corrected chi connectivity index (χ4v) is 4.27. The number of aromatic nitrogens is 1. The lowest BCUT2D eigenvalue weighted by Gasteiger charge is -2.27. The standard InChI is InChI=1S/C28H28N2O6/c1-4-15-36-20-12-10-19(11-13-20)25(31)23-24(21-8-5-9-22(34-2)27(21)35-3)30(28(33)26(23)32)17-18-7-6-14-29-16-18/h5-14,16,24,31H,4,15,17H2,1-3H3/t24-/m1/s1. The molecule has 2 heterocycles. The van der Waals surface area contributed by atoms with Crippen molar-refractivity contribution < 1.29 is 28.9 Å². The SMILES string of the molecule is CCCOc1ccc(C(O)=C2C(=O)C(=O)N(Cc3cccnc3)[C@@H]2c2cccc(OC)c2OC)cc1. The average Bonchev–Trinajstić information content (AvgIpc) is 3.16. The zero-order chi connectivity index (χ0) is 25.7. The van der Waals surface area contributed by atoms with E-state index in [2.05, 4.69) is 4.98 Å². The Kier molecular flexibility index (Phi) is 7.53. The smallest absolute Gasteiger partial charge is 0.295 e. The van der Waals surface area contributed by atoms with E-state index in [1.807, 2.05) is 13.0 Å². The molecule has 3 aromatic rings. The molecule has 1 atom stereocenters. The van der Waals surface area contributed by atoms with Crippen LogP contribution in [-0.2, 0) is 16.1 Å². The molecule has 4 rings (SSSR count). The number of ketones is 1. The van der Waals surface area contributed by atoms with E-state index in [9.17, 15) is 14.7 Å². The monoisotopic (exact) mass is 488 g/mol. The topological polar surface area (TPSA) is 98.2 Å². The Hall–Kier alpha value is -4.33. The molecule has 1 aromatic heterocycles. The summed E-state index contributed by atoms with van der Waals surface area (Å²) in [5, 5.41) is 11.3. The number of methoxy groups -OCH3 is 2. The molecule has 1 N–H and O–H groups in total. The highest BCUT2D eigenvalue weighted by atomic mass is 16.5. The van der Waals surface area contributed by atoms with Gasteiger partial charge < -0.3 is 24.2 Å². The Morgan fingerprint density at radius 2 is 1.81 bits per heavy atom. The minimum absolute atomic E-state index is 0.0299. The Bertz CT molecular complexity index is 1270. The van der Waals surface area contributed by atoms with Gasteiger partial charge in [0.15, 0.2) is 11.5 Å². The van der Waals surface area contributed by atoms with Gasteiger partial charge in [0, 0.05) is 30.1 Å². The summed E-state index contributed by atoms with van der Waals surface area (Å²) in [6.07, 6.45) is 4.13. The number of hydrogen-bond acceptors (Lipinski definition) is 7. The number of likely N-dealkylation sites (tertiary alicyclic amines) is 1. The highest BCUT2D eigenvalue weighted by molar-refractivity contribution is 6.46. The number of Topliss-reactive ketones (excluding diaryl/α,β-unsaturated/α-hetero) is 1. The summed E-state index contributed by atoms with van der Waals surface area (Å²) in [5.74, 6) is -0.317. The van der Waals surface area contributed by atoms with Crippen LogP contribution in [0.4, 0.5) is 0 Å². The summed E-state index contributed by atoms with van der Waals surface area (Å²) in [4.78, 5) is 32.2. The minimum atomic E-state index is -0.911. The Morgan fingerprint density at radius 3 is 2.44 bits per heavy atom. The molecule has 2 aromatic carbocycles. The lowest BCUT2D eigenvalue weighted by molar-refractivity contribution is -0.140. The van der Waals surface area contributed by atoms with Gasteiger partial charge in [0.2, 0.25) is 0 Å². The van der Waals surface area contributed by atoms with Gasteiger partial charge in [0.1, 0.15) is 11.5 Å². The predicted molar refractivity (Wildman–Crippen MR) is 134 cm³/mol. The van der Waals surface area contributed by atoms with Crippen LogP contribution in [0.1, 0.15) is 36.1 Å². The number of carbonyl (C=O) groups excluding carboxylic acids is 2. The van der Waals surface area contributed by atoms with Crippen molar-refractivity contribution in [3.05, 3.63) is 89.3 Å². The molecule has 36 heavy (non-hydrogen) atoms. The number of benzene rings is 2. The van der Waals surface area contributed by atoms with Gasteiger partial charge in [-0.15, -0.1) is 0 Å². The van der Waals surface area contributed by atoms with Gasteiger partial charge in [0.25, 0.3) is 11.7 Å². The van der Waals surface area contributed by atoms with Gasteiger partial charge >= 0.3 is 0 Å².